The van der Waals surface area contributed by atoms with Gasteiger partial charge in [-0.3, -0.25) is 0 Å². The summed E-state index contributed by atoms with van der Waals surface area (Å²) < 4.78 is 50.9. The zero-order chi connectivity index (χ0) is 27.1. The van der Waals surface area contributed by atoms with Crippen molar-refractivity contribution < 1.29 is 22.6 Å². The summed E-state index contributed by atoms with van der Waals surface area (Å²) in [4.78, 5) is 14.6. The van der Waals surface area contributed by atoms with E-state index in [9.17, 15) is 18.4 Å². The summed E-state index contributed by atoms with van der Waals surface area (Å²) in [7, 11) is 1.85. The number of anilines is 1. The maximum absolute atomic E-state index is 13.0. The molecular weight excluding hydrogens is 497 g/mol. The summed E-state index contributed by atoms with van der Waals surface area (Å²) in [5, 5.41) is 12.5. The van der Waals surface area contributed by atoms with Crippen LogP contribution in [0.2, 0.25) is 0 Å². The van der Waals surface area contributed by atoms with E-state index in [1.54, 1.807) is 6.20 Å². The van der Waals surface area contributed by atoms with Crippen LogP contribution in [0.15, 0.2) is 42.6 Å². The van der Waals surface area contributed by atoms with Gasteiger partial charge in [0.25, 0.3) is 0 Å². The minimum Gasteiger partial charge on any atom is -0.477 e. The second-order valence-corrected chi connectivity index (χ2v) is 8.77. The Morgan fingerprint density at radius 2 is 1.87 bits per heavy atom. The van der Waals surface area contributed by atoms with Gasteiger partial charge in [0.1, 0.15) is 18.4 Å². The molecule has 1 N–H and O–H groups in total. The van der Waals surface area contributed by atoms with E-state index in [1.807, 2.05) is 49.2 Å². The Morgan fingerprint density at radius 1 is 1.08 bits per heavy atom. The fraction of sp³-hybridized carbons (Fsp3) is 0.407. The van der Waals surface area contributed by atoms with E-state index in [-0.39, 0.29) is 11.6 Å². The molecule has 8 nitrogen and oxygen atoms in total. The first-order valence-corrected chi connectivity index (χ1v) is 12.5. The molecular formula is C27H29F3N6O2. The topological polar surface area (TPSA) is 96.2 Å². The highest BCUT2D eigenvalue weighted by Crippen LogP contribution is 2.38. The fourth-order valence-corrected chi connectivity index (χ4v) is 4.49. The Labute approximate surface area is 219 Å². The normalized spacial score (nSPS) is 14.3. The van der Waals surface area contributed by atoms with Gasteiger partial charge in [-0.25, -0.2) is 15.0 Å². The SMILES string of the molecule is CCOc1ncccc1-c1ccc(C2CCN(c3ccc(C(F)(F)F)nc3C#N)CC2)c(OCCNC)n1. The average Bonchev–Trinajstić information content (AvgIpc) is 2.93. The molecule has 4 rings (SSSR count). The van der Waals surface area contributed by atoms with E-state index >= 15 is 0 Å². The molecule has 38 heavy (non-hydrogen) atoms. The molecule has 1 fully saturated rings. The van der Waals surface area contributed by atoms with Gasteiger partial charge in [0, 0.05) is 31.4 Å². The summed E-state index contributed by atoms with van der Waals surface area (Å²) in [6.45, 7) is 4.58. The second-order valence-electron chi connectivity index (χ2n) is 8.77. The number of piperidine rings is 1. The van der Waals surface area contributed by atoms with Crippen LogP contribution in [0.25, 0.3) is 11.3 Å². The lowest BCUT2D eigenvalue weighted by Gasteiger charge is -2.34. The van der Waals surface area contributed by atoms with Crippen molar-refractivity contribution in [1.29, 1.82) is 5.26 Å². The number of ether oxygens (including phenoxy) is 2. The van der Waals surface area contributed by atoms with Crippen LogP contribution in [0.1, 0.15) is 42.6 Å². The van der Waals surface area contributed by atoms with Gasteiger partial charge < -0.3 is 19.7 Å². The Kier molecular flexibility index (Phi) is 8.63. The molecule has 0 unspecified atom stereocenters. The molecule has 1 aliphatic rings. The molecule has 0 saturated carbocycles. The summed E-state index contributed by atoms with van der Waals surface area (Å²) in [6, 6.07) is 11.8. The van der Waals surface area contributed by atoms with Gasteiger partial charge in [-0.1, -0.05) is 6.07 Å². The zero-order valence-corrected chi connectivity index (χ0v) is 21.3. The summed E-state index contributed by atoms with van der Waals surface area (Å²) in [6.07, 6.45) is -1.50. The largest absolute Gasteiger partial charge is 0.477 e. The average molecular weight is 527 g/mol. The predicted octanol–water partition coefficient (Wildman–Crippen LogP) is 4.81. The van der Waals surface area contributed by atoms with Gasteiger partial charge in [0.2, 0.25) is 11.8 Å². The molecule has 0 amide bonds. The number of aromatic nitrogens is 3. The molecule has 1 aliphatic heterocycles. The minimum absolute atomic E-state index is 0.130. The van der Waals surface area contributed by atoms with E-state index in [0.717, 1.165) is 17.2 Å². The van der Waals surface area contributed by atoms with Crippen molar-refractivity contribution >= 4 is 5.69 Å². The first kappa shape index (κ1) is 27.1. The maximum Gasteiger partial charge on any atom is 0.433 e. The van der Waals surface area contributed by atoms with E-state index in [4.69, 9.17) is 14.5 Å². The van der Waals surface area contributed by atoms with Crippen LogP contribution in [-0.4, -0.2) is 54.8 Å². The van der Waals surface area contributed by atoms with E-state index in [1.165, 1.54) is 6.07 Å². The minimum atomic E-state index is -4.60. The number of rotatable bonds is 9. The first-order chi connectivity index (χ1) is 18.4. The highest BCUT2D eigenvalue weighted by molar-refractivity contribution is 5.66. The van der Waals surface area contributed by atoms with Crippen molar-refractivity contribution in [2.45, 2.75) is 31.9 Å². The molecule has 200 valence electrons. The lowest BCUT2D eigenvalue weighted by Crippen LogP contribution is -2.34. The van der Waals surface area contributed by atoms with Crippen molar-refractivity contribution in [1.82, 2.24) is 20.3 Å². The molecule has 0 atom stereocenters. The molecule has 0 aromatic carbocycles. The number of pyridine rings is 3. The monoisotopic (exact) mass is 526 g/mol. The highest BCUT2D eigenvalue weighted by atomic mass is 19.4. The van der Waals surface area contributed by atoms with Crippen LogP contribution >= 0.6 is 0 Å². The molecule has 0 spiro atoms. The van der Waals surface area contributed by atoms with Crippen LogP contribution < -0.4 is 19.7 Å². The number of likely N-dealkylation sites (N-methyl/N-ethyl adjacent to an activating group) is 1. The molecule has 0 bridgehead atoms. The molecule has 4 heterocycles. The van der Waals surface area contributed by atoms with Gasteiger partial charge >= 0.3 is 6.18 Å². The lowest BCUT2D eigenvalue weighted by molar-refractivity contribution is -0.141. The van der Waals surface area contributed by atoms with Gasteiger partial charge in [-0.2, -0.15) is 18.4 Å². The van der Waals surface area contributed by atoms with Gasteiger partial charge in [0.05, 0.1) is 23.6 Å². The van der Waals surface area contributed by atoms with E-state index < -0.39 is 11.9 Å². The van der Waals surface area contributed by atoms with Crippen LogP contribution in [0.5, 0.6) is 11.8 Å². The smallest absolute Gasteiger partial charge is 0.433 e. The Morgan fingerprint density at radius 3 is 2.55 bits per heavy atom. The summed E-state index contributed by atoms with van der Waals surface area (Å²) in [5.74, 6) is 1.17. The van der Waals surface area contributed by atoms with E-state index in [0.29, 0.717) is 68.8 Å². The highest BCUT2D eigenvalue weighted by Gasteiger charge is 2.34. The van der Waals surface area contributed by atoms with Crippen molar-refractivity contribution in [3.05, 3.63) is 59.5 Å². The number of nitrogens with one attached hydrogen (secondary N) is 1. The van der Waals surface area contributed by atoms with Crippen molar-refractivity contribution in [3.63, 3.8) is 0 Å². The molecule has 0 radical (unpaired) electrons. The summed E-state index contributed by atoms with van der Waals surface area (Å²) in [5.41, 5.74) is 1.56. The molecule has 0 aliphatic carbocycles. The number of hydrogen-bond acceptors (Lipinski definition) is 8. The Balaban J connectivity index is 1.56. The van der Waals surface area contributed by atoms with E-state index in [2.05, 4.69) is 15.3 Å². The number of nitriles is 1. The Hall–Kier alpha value is -3.91. The number of halogens is 3. The van der Waals surface area contributed by atoms with Crippen LogP contribution in [-0.2, 0) is 6.18 Å². The number of nitrogens with zero attached hydrogens (tertiary/aromatic N) is 5. The number of alkyl halides is 3. The molecule has 3 aromatic heterocycles. The molecule has 1 saturated heterocycles. The van der Waals surface area contributed by atoms with Crippen molar-refractivity contribution in [2.75, 3.05) is 44.8 Å². The van der Waals surface area contributed by atoms with Crippen LogP contribution in [0, 0.1) is 11.3 Å². The maximum atomic E-state index is 13.0. The molecule has 3 aromatic rings. The van der Waals surface area contributed by atoms with Gasteiger partial charge in [-0.15, -0.1) is 0 Å². The predicted molar refractivity (Wildman–Crippen MR) is 136 cm³/mol. The van der Waals surface area contributed by atoms with Gasteiger partial charge in [-0.05, 0) is 63.1 Å². The third kappa shape index (κ3) is 6.14. The number of hydrogen-bond donors (Lipinski definition) is 1. The van der Waals surface area contributed by atoms with Gasteiger partial charge in [0.15, 0.2) is 5.69 Å². The summed E-state index contributed by atoms with van der Waals surface area (Å²) >= 11 is 0. The third-order valence-electron chi connectivity index (χ3n) is 6.35. The Bertz CT molecular complexity index is 1290. The van der Waals surface area contributed by atoms with Crippen molar-refractivity contribution in [2.24, 2.45) is 0 Å². The van der Waals surface area contributed by atoms with Crippen LogP contribution in [0.4, 0.5) is 18.9 Å². The lowest BCUT2D eigenvalue weighted by atomic mass is 9.89. The quantitative estimate of drug-likeness (QED) is 0.397. The van der Waals surface area contributed by atoms with Crippen molar-refractivity contribution in [3.8, 4) is 29.1 Å². The molecule has 11 heteroatoms. The zero-order valence-electron chi connectivity index (χ0n) is 21.3. The fourth-order valence-electron chi connectivity index (χ4n) is 4.49. The first-order valence-electron chi connectivity index (χ1n) is 12.5. The van der Waals surface area contributed by atoms with Crippen LogP contribution in [0.3, 0.4) is 0 Å². The standard InChI is InChI=1S/C27H29F3N6O2/c1-3-37-25-20(5-4-12-33-25)21-7-6-19(26(35-21)38-16-13-32-2)18-10-14-36(15-11-18)23-8-9-24(27(28,29)30)34-22(23)17-31/h4-9,12,18,32H,3,10-11,13-16H2,1-2H3. The third-order valence-corrected chi connectivity index (χ3v) is 6.35. The second kappa shape index (κ2) is 12.1.